The summed E-state index contributed by atoms with van der Waals surface area (Å²) in [5, 5.41) is 0.940. The van der Waals surface area contributed by atoms with Gasteiger partial charge in [0.25, 0.3) is 0 Å². The molecule has 136 valence electrons. The van der Waals surface area contributed by atoms with Crippen LogP contribution < -0.4 is 11.5 Å². The van der Waals surface area contributed by atoms with Crippen LogP contribution in [0.2, 0.25) is 0 Å². The van der Waals surface area contributed by atoms with E-state index in [1.165, 1.54) is 11.9 Å². The van der Waals surface area contributed by atoms with Crippen molar-refractivity contribution in [1.82, 2.24) is 14.5 Å². The minimum atomic E-state index is -0.150. The first-order valence-corrected chi connectivity index (χ1v) is 8.84. The Balaban J connectivity index is 2.32. The first-order chi connectivity index (χ1) is 11.8. The highest BCUT2D eigenvalue weighted by molar-refractivity contribution is 5.92. The molecule has 2 heterocycles. The van der Waals surface area contributed by atoms with Crippen molar-refractivity contribution in [2.24, 2.45) is 11.7 Å². The summed E-state index contributed by atoms with van der Waals surface area (Å²) in [6.45, 7) is 9.17. The number of anilines is 1. The second kappa shape index (κ2) is 6.42. The monoisotopic (exact) mass is 343 g/mol. The molecule has 1 unspecified atom stereocenters. The van der Waals surface area contributed by atoms with Gasteiger partial charge in [-0.05, 0) is 38.7 Å². The standard InChI is InChI=1S/C19H29N5O/c1-11-8-12(25-5)6-7-13(11)15-14(9-20)24(19(2,3)4)18-16(15)17(21)22-10-23-18/h6-7,10-13H,8-9,20H2,1-5H3,(H2,21,22,23)/t11?,12-,13+/m0/s1. The van der Waals surface area contributed by atoms with Crippen molar-refractivity contribution in [3.8, 4) is 0 Å². The molecule has 0 bridgehead atoms. The minimum Gasteiger partial charge on any atom is -0.383 e. The molecule has 0 saturated carbocycles. The maximum atomic E-state index is 6.29. The fraction of sp³-hybridized carbons (Fsp3) is 0.579. The van der Waals surface area contributed by atoms with E-state index in [0.29, 0.717) is 18.3 Å². The number of methoxy groups -OCH3 is 1. The third kappa shape index (κ3) is 2.93. The number of nitrogens with zero attached hydrogens (tertiary/aromatic N) is 3. The van der Waals surface area contributed by atoms with E-state index in [1.54, 1.807) is 7.11 Å². The smallest absolute Gasteiger partial charge is 0.146 e. The van der Waals surface area contributed by atoms with Crippen molar-refractivity contribution in [2.75, 3.05) is 12.8 Å². The summed E-state index contributed by atoms with van der Waals surface area (Å²) in [6, 6.07) is 0. The molecule has 25 heavy (non-hydrogen) atoms. The van der Waals surface area contributed by atoms with Crippen LogP contribution in [0.25, 0.3) is 11.0 Å². The molecule has 0 radical (unpaired) electrons. The van der Waals surface area contributed by atoms with Crippen LogP contribution in [0.4, 0.5) is 5.82 Å². The van der Waals surface area contributed by atoms with E-state index in [9.17, 15) is 0 Å². The fourth-order valence-electron chi connectivity index (χ4n) is 4.07. The molecule has 0 aromatic carbocycles. The predicted molar refractivity (Wildman–Crippen MR) is 101 cm³/mol. The second-order valence-electron chi connectivity index (χ2n) is 7.93. The van der Waals surface area contributed by atoms with Gasteiger partial charge in [0.15, 0.2) is 0 Å². The van der Waals surface area contributed by atoms with Gasteiger partial charge in [-0.15, -0.1) is 0 Å². The van der Waals surface area contributed by atoms with E-state index in [1.807, 2.05) is 0 Å². The van der Waals surface area contributed by atoms with Crippen LogP contribution in [0.1, 0.15) is 51.3 Å². The quantitative estimate of drug-likeness (QED) is 0.836. The van der Waals surface area contributed by atoms with Gasteiger partial charge in [-0.1, -0.05) is 19.1 Å². The number of rotatable bonds is 3. The molecule has 3 rings (SSSR count). The molecule has 2 aromatic rings. The molecule has 6 heteroatoms. The van der Waals surface area contributed by atoms with Gasteiger partial charge >= 0.3 is 0 Å². The van der Waals surface area contributed by atoms with Crippen LogP contribution in [-0.4, -0.2) is 27.7 Å². The van der Waals surface area contributed by atoms with Crippen molar-refractivity contribution in [2.45, 2.75) is 58.2 Å². The Morgan fingerprint density at radius 3 is 2.56 bits per heavy atom. The van der Waals surface area contributed by atoms with Crippen LogP contribution in [0.15, 0.2) is 18.5 Å². The number of nitrogens with two attached hydrogens (primary N) is 2. The predicted octanol–water partition coefficient (Wildman–Crippen LogP) is 2.92. The number of nitrogen functional groups attached to an aromatic ring is 1. The molecule has 1 aliphatic rings. The van der Waals surface area contributed by atoms with Crippen LogP contribution >= 0.6 is 0 Å². The first-order valence-electron chi connectivity index (χ1n) is 8.84. The van der Waals surface area contributed by atoms with Crippen molar-refractivity contribution in [3.05, 3.63) is 29.7 Å². The molecule has 0 spiro atoms. The topological polar surface area (TPSA) is 92.0 Å². The Labute approximate surface area is 149 Å². The molecule has 6 nitrogen and oxygen atoms in total. The van der Waals surface area contributed by atoms with E-state index in [4.69, 9.17) is 16.2 Å². The SMILES string of the molecule is CO[C@H]1C=C[C@@H](c2c(CN)n(C(C)(C)C)c3ncnc(N)c23)C(C)C1. The summed E-state index contributed by atoms with van der Waals surface area (Å²) in [7, 11) is 1.75. The number of hydrogen-bond acceptors (Lipinski definition) is 5. The first kappa shape index (κ1) is 17.9. The van der Waals surface area contributed by atoms with Crippen molar-refractivity contribution >= 4 is 16.9 Å². The zero-order chi connectivity index (χ0) is 18.4. The third-order valence-electron chi connectivity index (χ3n) is 5.17. The molecule has 4 N–H and O–H groups in total. The summed E-state index contributed by atoms with van der Waals surface area (Å²) < 4.78 is 7.73. The number of aromatic nitrogens is 3. The van der Waals surface area contributed by atoms with Gasteiger partial charge < -0.3 is 20.8 Å². The molecule has 0 saturated heterocycles. The lowest BCUT2D eigenvalue weighted by Gasteiger charge is -2.30. The van der Waals surface area contributed by atoms with Gasteiger partial charge in [0.2, 0.25) is 0 Å². The average Bonchev–Trinajstić information content (AvgIpc) is 2.90. The molecule has 3 atom stereocenters. The third-order valence-corrected chi connectivity index (χ3v) is 5.17. The van der Waals surface area contributed by atoms with E-state index >= 15 is 0 Å². The number of allylic oxidation sites excluding steroid dienone is 1. The van der Waals surface area contributed by atoms with Crippen LogP contribution in [0.3, 0.4) is 0 Å². The van der Waals surface area contributed by atoms with Crippen molar-refractivity contribution < 1.29 is 4.74 Å². The highest BCUT2D eigenvalue weighted by Gasteiger charge is 2.33. The summed E-state index contributed by atoms with van der Waals surface area (Å²) in [5.41, 5.74) is 15.5. The highest BCUT2D eigenvalue weighted by atomic mass is 16.5. The molecule has 0 amide bonds. The number of fused-ring (bicyclic) bond motifs is 1. The van der Waals surface area contributed by atoms with Crippen LogP contribution in [0, 0.1) is 5.92 Å². The van der Waals surface area contributed by atoms with E-state index in [0.717, 1.165) is 23.1 Å². The summed E-state index contributed by atoms with van der Waals surface area (Å²) in [5.74, 6) is 1.16. The van der Waals surface area contributed by atoms with Crippen LogP contribution in [0.5, 0.6) is 0 Å². The molecule has 1 aliphatic carbocycles. The molecular formula is C19H29N5O. The van der Waals surface area contributed by atoms with E-state index in [2.05, 4.69) is 54.4 Å². The van der Waals surface area contributed by atoms with Gasteiger partial charge in [0.1, 0.15) is 17.8 Å². The lowest BCUT2D eigenvalue weighted by Crippen LogP contribution is -2.27. The largest absolute Gasteiger partial charge is 0.383 e. The maximum Gasteiger partial charge on any atom is 0.146 e. The van der Waals surface area contributed by atoms with E-state index in [-0.39, 0.29) is 17.6 Å². The molecular weight excluding hydrogens is 314 g/mol. The van der Waals surface area contributed by atoms with Gasteiger partial charge in [0.05, 0.1) is 11.5 Å². The lowest BCUT2D eigenvalue weighted by atomic mass is 9.78. The van der Waals surface area contributed by atoms with Crippen molar-refractivity contribution in [3.63, 3.8) is 0 Å². The Kier molecular flexibility index (Phi) is 4.60. The summed E-state index contributed by atoms with van der Waals surface area (Å²) in [4.78, 5) is 8.81. The Morgan fingerprint density at radius 1 is 1.28 bits per heavy atom. The summed E-state index contributed by atoms with van der Waals surface area (Å²) >= 11 is 0. The van der Waals surface area contributed by atoms with Crippen LogP contribution in [-0.2, 0) is 16.8 Å². The molecule has 0 aliphatic heterocycles. The van der Waals surface area contributed by atoms with Gasteiger partial charge in [0, 0.05) is 30.8 Å². The average molecular weight is 343 g/mol. The normalized spacial score (nSPS) is 24.2. The Bertz CT molecular complexity index is 802. The van der Waals surface area contributed by atoms with Gasteiger partial charge in [-0.2, -0.15) is 0 Å². The summed E-state index contributed by atoms with van der Waals surface area (Å²) in [6.07, 6.45) is 7.04. The lowest BCUT2D eigenvalue weighted by molar-refractivity contribution is 0.111. The number of ether oxygens (including phenoxy) is 1. The Hall–Kier alpha value is -1.92. The zero-order valence-corrected chi connectivity index (χ0v) is 15.8. The maximum absolute atomic E-state index is 6.29. The van der Waals surface area contributed by atoms with E-state index < -0.39 is 0 Å². The van der Waals surface area contributed by atoms with Gasteiger partial charge in [-0.3, -0.25) is 0 Å². The second-order valence-corrected chi connectivity index (χ2v) is 7.93. The highest BCUT2D eigenvalue weighted by Crippen LogP contribution is 2.43. The van der Waals surface area contributed by atoms with Gasteiger partial charge in [-0.25, -0.2) is 9.97 Å². The minimum absolute atomic E-state index is 0.150. The molecule has 2 aromatic heterocycles. The Morgan fingerprint density at radius 2 is 2.00 bits per heavy atom. The zero-order valence-electron chi connectivity index (χ0n) is 15.8. The number of hydrogen-bond donors (Lipinski definition) is 2. The fourth-order valence-corrected chi connectivity index (χ4v) is 4.07. The van der Waals surface area contributed by atoms with Crippen molar-refractivity contribution in [1.29, 1.82) is 0 Å². The molecule has 0 fully saturated rings.